The van der Waals surface area contributed by atoms with Gasteiger partial charge < -0.3 is 19.3 Å². The van der Waals surface area contributed by atoms with Gasteiger partial charge in [-0.05, 0) is 52.2 Å². The number of likely N-dealkylation sites (tertiary alicyclic amines) is 1. The van der Waals surface area contributed by atoms with E-state index in [1.54, 1.807) is 4.90 Å². The lowest BCUT2D eigenvalue weighted by molar-refractivity contribution is -0.140. The van der Waals surface area contributed by atoms with Gasteiger partial charge in [0, 0.05) is 25.4 Å². The number of rotatable bonds is 2. The van der Waals surface area contributed by atoms with Gasteiger partial charge in [0.2, 0.25) is 5.91 Å². The van der Waals surface area contributed by atoms with Crippen molar-refractivity contribution in [3.8, 4) is 5.75 Å². The van der Waals surface area contributed by atoms with E-state index in [9.17, 15) is 9.59 Å². The van der Waals surface area contributed by atoms with Crippen molar-refractivity contribution in [2.24, 2.45) is 0 Å². The number of aryl methyl sites for hydroxylation is 1. The van der Waals surface area contributed by atoms with Crippen LogP contribution in [0.3, 0.4) is 0 Å². The average Bonchev–Trinajstić information content (AvgIpc) is 2.83. The Labute approximate surface area is 173 Å². The number of hydrogen-bond donors (Lipinski definition) is 0. The number of nitrogens with zero attached hydrogens (tertiary/aromatic N) is 2. The van der Waals surface area contributed by atoms with Crippen molar-refractivity contribution in [1.29, 1.82) is 0 Å². The monoisotopic (exact) mass is 400 g/mol. The first-order valence-corrected chi connectivity index (χ1v) is 10.9. The molecule has 0 saturated carbocycles. The van der Waals surface area contributed by atoms with Crippen LogP contribution in [-0.2, 0) is 9.53 Å². The Morgan fingerprint density at radius 1 is 1.24 bits per heavy atom. The molecule has 0 aromatic heterocycles. The number of piperidine rings is 1. The van der Waals surface area contributed by atoms with Gasteiger partial charge in [-0.1, -0.05) is 11.6 Å². The molecule has 158 valence electrons. The minimum atomic E-state index is -0.516. The van der Waals surface area contributed by atoms with Gasteiger partial charge in [0.15, 0.2) is 0 Å². The molecular formula is C23H32N2O4. The number of fused-ring (bicyclic) bond motifs is 1. The molecule has 2 saturated heterocycles. The van der Waals surface area contributed by atoms with Crippen LogP contribution < -0.4 is 4.74 Å². The molecule has 2 fully saturated rings. The second-order valence-electron chi connectivity index (χ2n) is 8.88. The SMILES string of the molecule is Cc1ccc2c(c1)C(=O)N(C(C)C(=O)N1CCCCC1C)CC1(CCOCC1)O2. The smallest absolute Gasteiger partial charge is 0.258 e. The number of carbonyl (C=O) groups is 2. The first-order valence-electron chi connectivity index (χ1n) is 10.9. The van der Waals surface area contributed by atoms with Gasteiger partial charge in [-0.3, -0.25) is 9.59 Å². The molecule has 3 heterocycles. The zero-order valence-corrected chi connectivity index (χ0v) is 17.8. The maximum absolute atomic E-state index is 13.6. The average molecular weight is 401 g/mol. The maximum Gasteiger partial charge on any atom is 0.258 e. The predicted octanol–water partition coefficient (Wildman–Crippen LogP) is 3.17. The molecule has 1 aromatic rings. The molecule has 0 aliphatic carbocycles. The first-order chi connectivity index (χ1) is 13.9. The maximum atomic E-state index is 13.6. The van der Waals surface area contributed by atoms with E-state index in [1.807, 2.05) is 36.9 Å². The summed E-state index contributed by atoms with van der Waals surface area (Å²) in [6.45, 7) is 8.35. The van der Waals surface area contributed by atoms with E-state index in [1.165, 1.54) is 0 Å². The zero-order valence-electron chi connectivity index (χ0n) is 17.8. The highest BCUT2D eigenvalue weighted by Crippen LogP contribution is 2.36. The van der Waals surface area contributed by atoms with Crippen LogP contribution in [0.25, 0.3) is 0 Å². The molecule has 1 aromatic carbocycles. The molecule has 3 aliphatic rings. The van der Waals surface area contributed by atoms with E-state index in [-0.39, 0.29) is 17.9 Å². The van der Waals surface area contributed by atoms with E-state index in [0.29, 0.717) is 43.9 Å². The van der Waals surface area contributed by atoms with Crippen LogP contribution in [0.5, 0.6) is 5.75 Å². The topological polar surface area (TPSA) is 59.1 Å². The standard InChI is InChI=1S/C23H32N2O4/c1-16-7-8-20-19(14-16)22(27)25(15-23(29-20)9-12-28-13-10-23)18(3)21(26)24-11-5-4-6-17(24)2/h7-8,14,17-18H,4-6,9-13,15H2,1-3H3. The molecule has 2 amide bonds. The van der Waals surface area contributed by atoms with Crippen molar-refractivity contribution in [2.45, 2.75) is 70.6 Å². The second kappa shape index (κ2) is 7.98. The molecule has 0 N–H and O–H groups in total. The fraction of sp³-hybridized carbons (Fsp3) is 0.652. The lowest BCUT2D eigenvalue weighted by Gasteiger charge is -2.42. The largest absolute Gasteiger partial charge is 0.484 e. The predicted molar refractivity (Wildman–Crippen MR) is 110 cm³/mol. The van der Waals surface area contributed by atoms with E-state index < -0.39 is 11.6 Å². The molecular weight excluding hydrogens is 368 g/mol. The first kappa shape index (κ1) is 20.2. The summed E-state index contributed by atoms with van der Waals surface area (Å²) in [5, 5.41) is 0. The highest BCUT2D eigenvalue weighted by atomic mass is 16.5. The summed E-state index contributed by atoms with van der Waals surface area (Å²) >= 11 is 0. The van der Waals surface area contributed by atoms with E-state index in [2.05, 4.69) is 6.92 Å². The van der Waals surface area contributed by atoms with Crippen LogP contribution in [0, 0.1) is 6.92 Å². The summed E-state index contributed by atoms with van der Waals surface area (Å²) in [6.07, 6.45) is 4.64. The van der Waals surface area contributed by atoms with Crippen molar-refractivity contribution < 1.29 is 19.1 Å². The fourth-order valence-electron chi connectivity index (χ4n) is 4.82. The highest BCUT2D eigenvalue weighted by molar-refractivity contribution is 6.00. The summed E-state index contributed by atoms with van der Waals surface area (Å²) < 4.78 is 12.0. The minimum Gasteiger partial charge on any atom is -0.484 e. The van der Waals surface area contributed by atoms with Gasteiger partial charge in [-0.2, -0.15) is 0 Å². The molecule has 0 bridgehead atoms. The zero-order chi connectivity index (χ0) is 20.6. The molecule has 6 heteroatoms. The summed E-state index contributed by atoms with van der Waals surface area (Å²) in [7, 11) is 0. The highest BCUT2D eigenvalue weighted by Gasteiger charge is 2.45. The lowest BCUT2D eigenvalue weighted by Crippen LogP contribution is -2.57. The van der Waals surface area contributed by atoms with Crippen molar-refractivity contribution in [3.63, 3.8) is 0 Å². The Morgan fingerprint density at radius 3 is 2.72 bits per heavy atom. The van der Waals surface area contributed by atoms with Crippen molar-refractivity contribution in [3.05, 3.63) is 29.3 Å². The third-order valence-electron chi connectivity index (χ3n) is 6.73. The van der Waals surface area contributed by atoms with Crippen molar-refractivity contribution >= 4 is 11.8 Å². The number of carbonyl (C=O) groups excluding carboxylic acids is 2. The van der Waals surface area contributed by atoms with E-state index in [4.69, 9.17) is 9.47 Å². The van der Waals surface area contributed by atoms with Gasteiger partial charge in [0.25, 0.3) is 5.91 Å². The van der Waals surface area contributed by atoms with Gasteiger partial charge in [0.05, 0.1) is 25.3 Å². The Kier molecular flexibility index (Phi) is 5.56. The third kappa shape index (κ3) is 3.87. The fourth-order valence-corrected chi connectivity index (χ4v) is 4.82. The summed E-state index contributed by atoms with van der Waals surface area (Å²) in [4.78, 5) is 30.7. The molecule has 29 heavy (non-hydrogen) atoms. The van der Waals surface area contributed by atoms with Crippen LogP contribution in [-0.4, -0.2) is 65.6 Å². The quantitative estimate of drug-likeness (QED) is 0.765. The third-order valence-corrected chi connectivity index (χ3v) is 6.73. The molecule has 4 rings (SSSR count). The van der Waals surface area contributed by atoms with Gasteiger partial charge in [-0.15, -0.1) is 0 Å². The van der Waals surface area contributed by atoms with Crippen LogP contribution in [0.4, 0.5) is 0 Å². The molecule has 0 radical (unpaired) electrons. The Morgan fingerprint density at radius 2 is 2.00 bits per heavy atom. The number of benzene rings is 1. The summed E-state index contributed by atoms with van der Waals surface area (Å²) in [5.74, 6) is 0.553. The summed E-state index contributed by atoms with van der Waals surface area (Å²) in [5.41, 5.74) is 1.06. The van der Waals surface area contributed by atoms with Crippen LogP contribution >= 0.6 is 0 Å². The van der Waals surface area contributed by atoms with Crippen molar-refractivity contribution in [1.82, 2.24) is 9.80 Å². The molecule has 1 spiro atoms. The van der Waals surface area contributed by atoms with Gasteiger partial charge >= 0.3 is 0 Å². The Hall–Kier alpha value is -2.08. The van der Waals surface area contributed by atoms with Crippen LogP contribution in [0.15, 0.2) is 18.2 Å². The Balaban J connectivity index is 1.68. The normalized spacial score (nSPS) is 25.2. The minimum absolute atomic E-state index is 0.0452. The van der Waals surface area contributed by atoms with E-state index >= 15 is 0 Å². The van der Waals surface area contributed by atoms with Crippen molar-refractivity contribution in [2.75, 3.05) is 26.3 Å². The molecule has 6 nitrogen and oxygen atoms in total. The van der Waals surface area contributed by atoms with Crippen LogP contribution in [0.2, 0.25) is 0 Å². The molecule has 2 unspecified atom stereocenters. The molecule has 3 aliphatic heterocycles. The Bertz CT molecular complexity index is 787. The number of hydrogen-bond acceptors (Lipinski definition) is 4. The number of ether oxygens (including phenoxy) is 2. The lowest BCUT2D eigenvalue weighted by atomic mass is 9.92. The summed E-state index contributed by atoms with van der Waals surface area (Å²) in [6, 6.07) is 5.45. The van der Waals surface area contributed by atoms with Crippen LogP contribution in [0.1, 0.15) is 61.9 Å². The van der Waals surface area contributed by atoms with E-state index in [0.717, 1.165) is 31.4 Å². The number of amides is 2. The molecule has 2 atom stereocenters. The van der Waals surface area contributed by atoms with Gasteiger partial charge in [0.1, 0.15) is 17.4 Å². The second-order valence-corrected chi connectivity index (χ2v) is 8.88. The van der Waals surface area contributed by atoms with Gasteiger partial charge in [-0.25, -0.2) is 0 Å².